The number of aromatic nitrogens is 4. The van der Waals surface area contributed by atoms with Crippen molar-refractivity contribution in [1.29, 1.82) is 0 Å². The van der Waals surface area contributed by atoms with Crippen LogP contribution in [0.5, 0.6) is 11.6 Å². The molecule has 0 radical (unpaired) electrons. The third-order valence-electron chi connectivity index (χ3n) is 5.67. The monoisotopic (exact) mass is 426 g/mol. The van der Waals surface area contributed by atoms with Crippen LogP contribution < -0.4 is 9.47 Å². The van der Waals surface area contributed by atoms with Gasteiger partial charge in [0.25, 0.3) is 0 Å². The van der Waals surface area contributed by atoms with Crippen LogP contribution in [0.3, 0.4) is 0 Å². The van der Waals surface area contributed by atoms with Crippen LogP contribution in [0.25, 0.3) is 5.65 Å². The molecular formula is C25H22N4O3. The van der Waals surface area contributed by atoms with Crippen LogP contribution in [0, 0.1) is 0 Å². The van der Waals surface area contributed by atoms with E-state index < -0.39 is 0 Å². The Balaban J connectivity index is 1.68. The van der Waals surface area contributed by atoms with Crippen LogP contribution in [0.1, 0.15) is 42.3 Å². The summed E-state index contributed by atoms with van der Waals surface area (Å²) in [5, 5.41) is 4.63. The first-order chi connectivity index (χ1) is 15.5. The zero-order valence-corrected chi connectivity index (χ0v) is 18.1. The summed E-state index contributed by atoms with van der Waals surface area (Å²) in [6.45, 7) is 3.36. The number of rotatable bonds is 5. The van der Waals surface area contributed by atoms with Crippen molar-refractivity contribution in [2.45, 2.75) is 26.2 Å². The first-order valence-corrected chi connectivity index (χ1v) is 10.4. The van der Waals surface area contributed by atoms with Crippen molar-refractivity contribution >= 4 is 11.4 Å². The summed E-state index contributed by atoms with van der Waals surface area (Å²) in [5.74, 6) is 1.99. The molecule has 2 aromatic heterocycles. The number of hydrogen-bond donors (Lipinski definition) is 0. The zero-order chi connectivity index (χ0) is 22.2. The summed E-state index contributed by atoms with van der Waals surface area (Å²) >= 11 is 0. The van der Waals surface area contributed by atoms with Gasteiger partial charge in [-0.25, -0.2) is 14.5 Å². The minimum absolute atomic E-state index is 0.0556. The maximum Gasteiger partial charge on any atom is 0.228 e. The fraction of sp³-hybridized carbons (Fsp3) is 0.200. The molecule has 0 saturated carbocycles. The number of nitrogens with zero attached hydrogens (tertiary/aromatic N) is 4. The molecule has 1 unspecified atom stereocenters. The Labute approximate surface area is 185 Å². The molecule has 2 aromatic carbocycles. The number of ether oxygens (including phenoxy) is 2. The van der Waals surface area contributed by atoms with Crippen molar-refractivity contribution in [3.05, 3.63) is 94.8 Å². The van der Waals surface area contributed by atoms with E-state index in [1.54, 1.807) is 31.8 Å². The summed E-state index contributed by atoms with van der Waals surface area (Å²) in [7, 11) is 1.63. The molecule has 3 heterocycles. The molecule has 0 amide bonds. The topological polar surface area (TPSA) is 78.6 Å². The Morgan fingerprint density at radius 1 is 1.12 bits per heavy atom. The van der Waals surface area contributed by atoms with Crippen LogP contribution in [-0.2, 0) is 11.2 Å². The SMILES string of the molecule is COc1ccc(C2C(C(C)=O)=C(C)Oc3ncn4nc(Cc5ccccc5)nc4c32)cc1. The van der Waals surface area contributed by atoms with Crippen molar-refractivity contribution < 1.29 is 14.3 Å². The molecule has 0 N–H and O–H groups in total. The van der Waals surface area contributed by atoms with Gasteiger partial charge in [-0.15, -0.1) is 5.10 Å². The van der Waals surface area contributed by atoms with Gasteiger partial charge in [0.1, 0.15) is 17.8 Å². The Morgan fingerprint density at radius 3 is 2.56 bits per heavy atom. The predicted octanol–water partition coefficient (Wildman–Crippen LogP) is 4.11. The van der Waals surface area contributed by atoms with Gasteiger partial charge in [-0.2, -0.15) is 0 Å². The molecule has 1 aliphatic rings. The second-order valence-corrected chi connectivity index (χ2v) is 7.76. The van der Waals surface area contributed by atoms with Crippen molar-refractivity contribution in [2.75, 3.05) is 7.11 Å². The van der Waals surface area contributed by atoms with E-state index in [-0.39, 0.29) is 11.7 Å². The number of Topliss-reactive ketones (excluding diaryl/α,β-unsaturated/α-hetero) is 1. The molecule has 7 heteroatoms. The molecule has 0 saturated heterocycles. The third kappa shape index (κ3) is 3.41. The lowest BCUT2D eigenvalue weighted by Crippen LogP contribution is -2.22. The lowest BCUT2D eigenvalue weighted by Gasteiger charge is -2.28. The van der Waals surface area contributed by atoms with E-state index in [0.29, 0.717) is 35.1 Å². The van der Waals surface area contributed by atoms with Crippen LogP contribution >= 0.6 is 0 Å². The number of hydrogen-bond acceptors (Lipinski definition) is 6. The highest BCUT2D eigenvalue weighted by atomic mass is 16.5. The molecule has 7 nitrogen and oxygen atoms in total. The number of ketones is 1. The minimum Gasteiger partial charge on any atom is -0.497 e. The molecule has 1 atom stereocenters. The predicted molar refractivity (Wildman–Crippen MR) is 119 cm³/mol. The first-order valence-electron chi connectivity index (χ1n) is 10.4. The number of allylic oxidation sites excluding steroid dienone is 2. The summed E-state index contributed by atoms with van der Waals surface area (Å²) in [5.41, 5.74) is 4.01. The quantitative estimate of drug-likeness (QED) is 0.478. The Morgan fingerprint density at radius 2 is 1.88 bits per heavy atom. The van der Waals surface area contributed by atoms with Crippen molar-refractivity contribution in [3.8, 4) is 11.6 Å². The molecule has 4 aromatic rings. The van der Waals surface area contributed by atoms with E-state index in [2.05, 4.69) is 10.1 Å². The lowest BCUT2D eigenvalue weighted by atomic mass is 9.82. The summed E-state index contributed by atoms with van der Waals surface area (Å²) in [6.07, 6.45) is 2.20. The highest BCUT2D eigenvalue weighted by Crippen LogP contribution is 2.44. The van der Waals surface area contributed by atoms with Gasteiger partial charge in [0.15, 0.2) is 17.3 Å². The summed E-state index contributed by atoms with van der Waals surface area (Å²) in [6, 6.07) is 17.7. The fourth-order valence-electron chi connectivity index (χ4n) is 4.22. The average molecular weight is 426 g/mol. The van der Waals surface area contributed by atoms with Crippen molar-refractivity contribution in [1.82, 2.24) is 19.6 Å². The van der Waals surface area contributed by atoms with Gasteiger partial charge in [-0.3, -0.25) is 4.79 Å². The van der Waals surface area contributed by atoms with E-state index in [4.69, 9.17) is 14.5 Å². The van der Waals surface area contributed by atoms with E-state index in [9.17, 15) is 4.79 Å². The highest BCUT2D eigenvalue weighted by Gasteiger charge is 2.35. The molecule has 0 spiro atoms. The van der Waals surface area contributed by atoms with Crippen LogP contribution in [0.15, 0.2) is 72.3 Å². The normalized spacial score (nSPS) is 15.4. The summed E-state index contributed by atoms with van der Waals surface area (Å²) < 4.78 is 13.0. The van der Waals surface area contributed by atoms with Crippen molar-refractivity contribution in [3.63, 3.8) is 0 Å². The Bertz CT molecular complexity index is 1340. The smallest absolute Gasteiger partial charge is 0.228 e. The number of benzene rings is 2. The van der Waals surface area contributed by atoms with Crippen LogP contribution in [0.2, 0.25) is 0 Å². The number of methoxy groups -OCH3 is 1. The molecule has 0 aliphatic carbocycles. The van der Waals surface area contributed by atoms with Gasteiger partial charge >= 0.3 is 0 Å². The van der Waals surface area contributed by atoms with Gasteiger partial charge in [0.05, 0.1) is 12.7 Å². The van der Waals surface area contributed by atoms with E-state index >= 15 is 0 Å². The first kappa shape index (κ1) is 19.9. The fourth-order valence-corrected chi connectivity index (χ4v) is 4.22. The molecule has 1 aliphatic heterocycles. The maximum atomic E-state index is 12.7. The van der Waals surface area contributed by atoms with Gasteiger partial charge in [0.2, 0.25) is 5.88 Å². The van der Waals surface area contributed by atoms with Crippen molar-refractivity contribution in [2.24, 2.45) is 0 Å². The average Bonchev–Trinajstić information content (AvgIpc) is 3.21. The molecule has 0 fully saturated rings. The number of carbonyl (C=O) groups excluding carboxylic acids is 1. The van der Waals surface area contributed by atoms with Gasteiger partial charge in [-0.05, 0) is 37.1 Å². The van der Waals surface area contributed by atoms with Gasteiger partial charge < -0.3 is 9.47 Å². The number of carbonyl (C=O) groups is 1. The summed E-state index contributed by atoms with van der Waals surface area (Å²) in [4.78, 5) is 22.0. The van der Waals surface area contributed by atoms with Gasteiger partial charge in [0, 0.05) is 17.9 Å². The molecule has 5 rings (SSSR count). The molecular weight excluding hydrogens is 404 g/mol. The van der Waals surface area contributed by atoms with Crippen LogP contribution in [-0.4, -0.2) is 32.5 Å². The van der Waals surface area contributed by atoms with E-state index in [0.717, 1.165) is 22.4 Å². The largest absolute Gasteiger partial charge is 0.497 e. The number of fused-ring (bicyclic) bond motifs is 3. The molecule has 160 valence electrons. The third-order valence-corrected chi connectivity index (χ3v) is 5.67. The van der Waals surface area contributed by atoms with Crippen LogP contribution in [0.4, 0.5) is 0 Å². The zero-order valence-electron chi connectivity index (χ0n) is 18.1. The lowest BCUT2D eigenvalue weighted by molar-refractivity contribution is -0.114. The van der Waals surface area contributed by atoms with E-state index in [1.165, 1.54) is 0 Å². The van der Waals surface area contributed by atoms with E-state index in [1.807, 2.05) is 54.6 Å². The second-order valence-electron chi connectivity index (χ2n) is 7.76. The standard InChI is InChI=1S/C25H22N4O3/c1-15(30)21-16(2)32-25-23(22(21)18-9-11-19(31-3)12-10-18)24-27-20(28-29(24)14-26-25)13-17-7-5-4-6-8-17/h4-12,14,22H,13H2,1-3H3. The molecule has 0 bridgehead atoms. The van der Waals surface area contributed by atoms with Gasteiger partial charge in [-0.1, -0.05) is 42.5 Å². The Kier molecular flexibility index (Phi) is 4.93. The highest BCUT2D eigenvalue weighted by molar-refractivity contribution is 5.97. The molecule has 32 heavy (non-hydrogen) atoms. The maximum absolute atomic E-state index is 12.7. The minimum atomic E-state index is -0.368. The second kappa shape index (κ2) is 7.92. The Hall–Kier alpha value is -4.00.